The van der Waals surface area contributed by atoms with E-state index < -0.39 is 0 Å². The monoisotopic (exact) mass is 331 g/mol. The normalized spacial score (nSPS) is 10.7. The first-order valence-electron chi connectivity index (χ1n) is 5.93. The first-order chi connectivity index (χ1) is 9.66. The second-order valence-corrected chi connectivity index (χ2v) is 5.03. The second kappa shape index (κ2) is 5.05. The van der Waals surface area contributed by atoms with Crippen molar-refractivity contribution in [3.05, 3.63) is 63.4 Å². The second-order valence-electron chi connectivity index (χ2n) is 4.17. The number of hydrogen-bond donors (Lipinski definition) is 0. The molecule has 0 aliphatic heterocycles. The summed E-state index contributed by atoms with van der Waals surface area (Å²) >= 11 is 3.38. The summed E-state index contributed by atoms with van der Waals surface area (Å²) < 4.78 is 1.95. The molecule has 0 atom stereocenters. The van der Waals surface area contributed by atoms with Crippen molar-refractivity contribution >= 4 is 26.8 Å². The van der Waals surface area contributed by atoms with Gasteiger partial charge in [0.2, 0.25) is 0 Å². The topological polar surface area (TPSA) is 57.0 Å². The van der Waals surface area contributed by atoms with Crippen LogP contribution in [0.5, 0.6) is 5.75 Å². The fraction of sp³-hybridized carbons (Fsp3) is 0.0714. The van der Waals surface area contributed by atoms with E-state index in [1.165, 1.54) is 4.73 Å². The van der Waals surface area contributed by atoms with E-state index >= 15 is 0 Å². The summed E-state index contributed by atoms with van der Waals surface area (Å²) in [5.41, 5.74) is 0.299. The number of nitrogens with zero attached hydrogens (tertiary/aromatic N) is 3. The molecule has 20 heavy (non-hydrogen) atoms. The van der Waals surface area contributed by atoms with Crippen molar-refractivity contribution in [3.63, 3.8) is 0 Å². The van der Waals surface area contributed by atoms with Crippen LogP contribution in [0.1, 0.15) is 5.82 Å². The van der Waals surface area contributed by atoms with Crippen LogP contribution in [0.2, 0.25) is 0 Å². The van der Waals surface area contributed by atoms with E-state index in [2.05, 4.69) is 25.9 Å². The molecule has 0 unspecified atom stereocenters. The van der Waals surface area contributed by atoms with E-state index in [0.29, 0.717) is 22.5 Å². The summed E-state index contributed by atoms with van der Waals surface area (Å²) in [6.07, 6.45) is 3.12. The molecule has 0 amide bonds. The molecule has 2 heterocycles. The SMILES string of the molecule is Cc1nc2cnccc2c(=O)n1Oc1ccccc1Br. The molecule has 5 nitrogen and oxygen atoms in total. The van der Waals surface area contributed by atoms with Crippen LogP contribution in [-0.2, 0) is 0 Å². The number of rotatable bonds is 2. The molecule has 0 saturated heterocycles. The van der Waals surface area contributed by atoms with Crippen molar-refractivity contribution in [1.29, 1.82) is 0 Å². The maximum Gasteiger partial charge on any atom is 0.294 e. The molecule has 6 heteroatoms. The molecule has 3 aromatic rings. The van der Waals surface area contributed by atoms with E-state index in [1.807, 2.05) is 18.2 Å². The molecule has 0 fully saturated rings. The van der Waals surface area contributed by atoms with Gasteiger partial charge in [0.25, 0.3) is 5.56 Å². The van der Waals surface area contributed by atoms with Gasteiger partial charge in [0.15, 0.2) is 5.75 Å². The highest BCUT2D eigenvalue weighted by atomic mass is 79.9. The Hall–Kier alpha value is -2.21. The summed E-state index contributed by atoms with van der Waals surface area (Å²) in [5.74, 6) is 1.01. The zero-order valence-corrected chi connectivity index (χ0v) is 12.2. The minimum absolute atomic E-state index is 0.259. The maximum absolute atomic E-state index is 12.4. The minimum Gasteiger partial charge on any atom is -0.369 e. The number of pyridine rings is 1. The number of halogens is 1. The highest BCUT2D eigenvalue weighted by molar-refractivity contribution is 9.10. The van der Waals surface area contributed by atoms with Gasteiger partial charge in [-0.3, -0.25) is 9.78 Å². The minimum atomic E-state index is -0.259. The van der Waals surface area contributed by atoms with Crippen LogP contribution in [0.3, 0.4) is 0 Å². The van der Waals surface area contributed by atoms with Crippen LogP contribution < -0.4 is 10.4 Å². The molecule has 0 spiro atoms. The third kappa shape index (κ3) is 2.18. The van der Waals surface area contributed by atoms with Crippen molar-refractivity contribution in [2.75, 3.05) is 0 Å². The summed E-state index contributed by atoms with van der Waals surface area (Å²) in [6.45, 7) is 1.71. The van der Waals surface area contributed by atoms with E-state index in [9.17, 15) is 4.79 Å². The lowest BCUT2D eigenvalue weighted by Gasteiger charge is -2.12. The number of para-hydroxylation sites is 1. The van der Waals surface area contributed by atoms with Gasteiger partial charge in [-0.15, -0.1) is 4.73 Å². The molecule has 0 aliphatic rings. The third-order valence-electron chi connectivity index (χ3n) is 2.82. The average molecular weight is 332 g/mol. The van der Waals surface area contributed by atoms with Gasteiger partial charge in [0.1, 0.15) is 5.82 Å². The smallest absolute Gasteiger partial charge is 0.294 e. The van der Waals surface area contributed by atoms with E-state index in [4.69, 9.17) is 4.84 Å². The molecule has 100 valence electrons. The lowest BCUT2D eigenvalue weighted by Crippen LogP contribution is -2.27. The lowest BCUT2D eigenvalue weighted by molar-refractivity contribution is 0.194. The summed E-state index contributed by atoms with van der Waals surface area (Å²) in [5, 5.41) is 0.470. The number of aryl methyl sites for hydroxylation is 1. The van der Waals surface area contributed by atoms with Gasteiger partial charge >= 0.3 is 0 Å². The molecule has 0 bridgehead atoms. The predicted octanol–water partition coefficient (Wildman–Crippen LogP) is 2.70. The average Bonchev–Trinajstić information content (AvgIpc) is 2.45. The molecule has 0 saturated carbocycles. The Morgan fingerprint density at radius 3 is 2.85 bits per heavy atom. The molecule has 0 radical (unpaired) electrons. The summed E-state index contributed by atoms with van der Waals surface area (Å²) in [6, 6.07) is 8.94. The molecule has 2 aromatic heterocycles. The van der Waals surface area contributed by atoms with Crippen LogP contribution in [0.4, 0.5) is 0 Å². The van der Waals surface area contributed by atoms with Gasteiger partial charge in [-0.2, -0.15) is 0 Å². The molecule has 1 aromatic carbocycles. The van der Waals surface area contributed by atoms with Crippen molar-refractivity contribution in [1.82, 2.24) is 14.7 Å². The quantitative estimate of drug-likeness (QED) is 0.724. The predicted molar refractivity (Wildman–Crippen MR) is 78.7 cm³/mol. The Balaban J connectivity index is 2.17. The van der Waals surface area contributed by atoms with Crippen molar-refractivity contribution < 1.29 is 4.84 Å². The van der Waals surface area contributed by atoms with Crippen molar-refractivity contribution in [2.45, 2.75) is 6.92 Å². The Kier molecular flexibility index (Phi) is 3.23. The van der Waals surface area contributed by atoms with Gasteiger partial charge in [0, 0.05) is 6.20 Å². The van der Waals surface area contributed by atoms with E-state index in [-0.39, 0.29) is 5.56 Å². The van der Waals surface area contributed by atoms with Crippen molar-refractivity contribution in [3.8, 4) is 5.75 Å². The fourth-order valence-corrected chi connectivity index (χ4v) is 2.21. The van der Waals surface area contributed by atoms with Gasteiger partial charge in [-0.25, -0.2) is 4.98 Å². The van der Waals surface area contributed by atoms with Gasteiger partial charge in [-0.1, -0.05) is 12.1 Å². The number of fused-ring (bicyclic) bond motifs is 1. The zero-order valence-electron chi connectivity index (χ0n) is 10.6. The van der Waals surface area contributed by atoms with Crippen LogP contribution in [0.25, 0.3) is 10.9 Å². The maximum atomic E-state index is 12.4. The Labute approximate surface area is 123 Å². The van der Waals surface area contributed by atoms with Gasteiger partial charge in [0.05, 0.1) is 21.6 Å². The van der Waals surface area contributed by atoms with Crippen LogP contribution in [0, 0.1) is 6.92 Å². The molecular formula is C14H10BrN3O2. The standard InChI is InChI=1S/C14H10BrN3O2/c1-9-17-12-8-16-7-6-10(12)14(19)18(9)20-13-5-3-2-4-11(13)15/h2-8H,1H3. The van der Waals surface area contributed by atoms with Crippen LogP contribution in [0.15, 0.2) is 52.0 Å². The molecule has 0 aliphatic carbocycles. The van der Waals surface area contributed by atoms with Gasteiger partial charge < -0.3 is 4.84 Å². The highest BCUT2D eigenvalue weighted by Gasteiger charge is 2.10. The largest absolute Gasteiger partial charge is 0.369 e. The number of aromatic nitrogens is 3. The molecular weight excluding hydrogens is 322 g/mol. The number of benzene rings is 1. The summed E-state index contributed by atoms with van der Waals surface area (Å²) in [7, 11) is 0. The Morgan fingerprint density at radius 1 is 1.25 bits per heavy atom. The van der Waals surface area contributed by atoms with Crippen molar-refractivity contribution in [2.24, 2.45) is 0 Å². The van der Waals surface area contributed by atoms with E-state index in [0.717, 1.165) is 4.47 Å². The van der Waals surface area contributed by atoms with Gasteiger partial charge in [-0.05, 0) is 41.1 Å². The third-order valence-corrected chi connectivity index (χ3v) is 3.47. The first-order valence-corrected chi connectivity index (χ1v) is 6.72. The Morgan fingerprint density at radius 2 is 2.05 bits per heavy atom. The first kappa shape index (κ1) is 12.8. The number of hydrogen-bond acceptors (Lipinski definition) is 4. The zero-order chi connectivity index (χ0) is 14.1. The van der Waals surface area contributed by atoms with Crippen LogP contribution >= 0.6 is 15.9 Å². The molecule has 0 N–H and O–H groups in total. The lowest BCUT2D eigenvalue weighted by atomic mass is 10.3. The highest BCUT2D eigenvalue weighted by Crippen LogP contribution is 2.24. The fourth-order valence-electron chi connectivity index (χ4n) is 1.86. The van der Waals surface area contributed by atoms with Crippen LogP contribution in [-0.4, -0.2) is 14.7 Å². The molecule has 3 rings (SSSR count). The van der Waals surface area contributed by atoms with E-state index in [1.54, 1.807) is 31.5 Å². The Bertz CT molecular complexity index is 845. The summed E-state index contributed by atoms with van der Waals surface area (Å²) in [4.78, 5) is 26.4.